The number of nitrogens with zero attached hydrogens (tertiary/aromatic N) is 2. The van der Waals surface area contributed by atoms with Crippen LogP contribution in [-0.2, 0) is 11.8 Å². The number of amides is 1. The number of hydrogen-bond donors (Lipinski definition) is 2. The van der Waals surface area contributed by atoms with Crippen LogP contribution in [0.2, 0.25) is 0 Å². The summed E-state index contributed by atoms with van der Waals surface area (Å²) in [6, 6.07) is 0. The molecule has 1 unspecified atom stereocenters. The third kappa shape index (κ3) is 5.03. The fraction of sp³-hybridized carbons (Fsp3) is 0.643. The molecule has 0 radical (unpaired) electrons. The molecule has 6 nitrogen and oxygen atoms in total. The van der Waals surface area contributed by atoms with Crippen molar-refractivity contribution in [1.29, 1.82) is 0 Å². The second-order valence-electron chi connectivity index (χ2n) is 5.37. The Bertz CT molecular complexity index is 454. The lowest BCUT2D eigenvalue weighted by molar-refractivity contribution is -0.137. The second-order valence-corrected chi connectivity index (χ2v) is 5.37. The minimum absolute atomic E-state index is 0.147. The molecule has 1 rings (SSSR count). The summed E-state index contributed by atoms with van der Waals surface area (Å²) >= 11 is 0. The van der Waals surface area contributed by atoms with E-state index >= 15 is 0 Å². The van der Waals surface area contributed by atoms with Gasteiger partial charge in [-0.25, -0.2) is 4.98 Å². The lowest BCUT2D eigenvalue weighted by atomic mass is 9.88. The van der Waals surface area contributed by atoms with Crippen LogP contribution in [0.15, 0.2) is 12.5 Å². The molecule has 0 aliphatic rings. The van der Waals surface area contributed by atoms with Crippen LogP contribution in [0.4, 0.5) is 0 Å². The highest BCUT2D eigenvalue weighted by molar-refractivity contribution is 5.92. The molecule has 1 heterocycles. The third-order valence-electron chi connectivity index (χ3n) is 3.52. The van der Waals surface area contributed by atoms with Crippen LogP contribution in [0.3, 0.4) is 0 Å². The molecular weight excluding hydrogens is 258 g/mol. The third-order valence-corrected chi connectivity index (χ3v) is 3.52. The predicted octanol–water partition coefficient (Wildman–Crippen LogP) is 1.68. The van der Waals surface area contributed by atoms with Crippen molar-refractivity contribution >= 4 is 11.9 Å². The monoisotopic (exact) mass is 281 g/mol. The number of imidazole rings is 1. The lowest BCUT2D eigenvalue weighted by Crippen LogP contribution is -2.28. The molecule has 20 heavy (non-hydrogen) atoms. The van der Waals surface area contributed by atoms with Crippen molar-refractivity contribution in [2.75, 3.05) is 6.54 Å². The number of carbonyl (C=O) groups excluding carboxylic acids is 1. The number of aryl methyl sites for hydroxylation is 1. The summed E-state index contributed by atoms with van der Waals surface area (Å²) in [5, 5.41) is 11.6. The molecule has 0 fully saturated rings. The molecule has 1 aromatic rings. The van der Waals surface area contributed by atoms with Crippen molar-refractivity contribution in [2.45, 2.75) is 33.1 Å². The molecule has 0 aliphatic carbocycles. The molecule has 0 bridgehead atoms. The van der Waals surface area contributed by atoms with Crippen molar-refractivity contribution in [2.24, 2.45) is 18.9 Å². The smallest absolute Gasteiger partial charge is 0.303 e. The summed E-state index contributed by atoms with van der Waals surface area (Å²) in [5.74, 6) is -0.207. The Balaban J connectivity index is 2.38. The molecule has 112 valence electrons. The topological polar surface area (TPSA) is 84.2 Å². The van der Waals surface area contributed by atoms with Crippen molar-refractivity contribution in [3.63, 3.8) is 0 Å². The van der Waals surface area contributed by atoms with Gasteiger partial charge in [0.1, 0.15) is 5.69 Å². The van der Waals surface area contributed by atoms with E-state index in [0.29, 0.717) is 30.5 Å². The van der Waals surface area contributed by atoms with E-state index < -0.39 is 5.97 Å². The first kappa shape index (κ1) is 16.2. The van der Waals surface area contributed by atoms with Gasteiger partial charge in [0.05, 0.1) is 12.5 Å². The Morgan fingerprint density at radius 2 is 2.10 bits per heavy atom. The molecular formula is C14H23N3O3. The zero-order chi connectivity index (χ0) is 15.1. The van der Waals surface area contributed by atoms with Gasteiger partial charge in [-0.05, 0) is 24.7 Å². The first-order valence-electron chi connectivity index (χ1n) is 6.88. The zero-order valence-electron chi connectivity index (χ0n) is 12.3. The van der Waals surface area contributed by atoms with Gasteiger partial charge in [0, 0.05) is 20.0 Å². The van der Waals surface area contributed by atoms with Gasteiger partial charge < -0.3 is 15.0 Å². The second kappa shape index (κ2) is 7.67. The SMILES string of the molecule is CC(C)C(CCNC(=O)c1cncn1C)CCC(=O)O. The van der Waals surface area contributed by atoms with Crippen molar-refractivity contribution in [1.82, 2.24) is 14.9 Å². The number of carboxylic acids is 1. The largest absolute Gasteiger partial charge is 0.481 e. The van der Waals surface area contributed by atoms with Crippen LogP contribution >= 0.6 is 0 Å². The fourth-order valence-corrected chi connectivity index (χ4v) is 2.16. The van der Waals surface area contributed by atoms with Crippen molar-refractivity contribution in [3.8, 4) is 0 Å². The van der Waals surface area contributed by atoms with E-state index in [1.165, 1.54) is 6.20 Å². The summed E-state index contributed by atoms with van der Waals surface area (Å²) in [7, 11) is 1.77. The minimum Gasteiger partial charge on any atom is -0.481 e. The highest BCUT2D eigenvalue weighted by atomic mass is 16.4. The Hall–Kier alpha value is -1.85. The van der Waals surface area contributed by atoms with E-state index in [2.05, 4.69) is 24.1 Å². The molecule has 0 saturated carbocycles. The van der Waals surface area contributed by atoms with Crippen LogP contribution in [0.25, 0.3) is 0 Å². The van der Waals surface area contributed by atoms with Gasteiger partial charge in [-0.15, -0.1) is 0 Å². The molecule has 0 aliphatic heterocycles. The van der Waals surface area contributed by atoms with Crippen LogP contribution in [-0.4, -0.2) is 33.1 Å². The average molecular weight is 281 g/mol. The van der Waals surface area contributed by atoms with E-state index in [1.807, 2.05) is 0 Å². The Morgan fingerprint density at radius 1 is 1.40 bits per heavy atom. The van der Waals surface area contributed by atoms with Gasteiger partial charge in [-0.3, -0.25) is 9.59 Å². The first-order valence-corrected chi connectivity index (χ1v) is 6.88. The summed E-state index contributed by atoms with van der Waals surface area (Å²) in [5.41, 5.74) is 0.525. The van der Waals surface area contributed by atoms with E-state index in [4.69, 9.17) is 5.11 Å². The summed E-state index contributed by atoms with van der Waals surface area (Å²) in [4.78, 5) is 26.4. The number of hydrogen-bond acceptors (Lipinski definition) is 3. The summed E-state index contributed by atoms with van der Waals surface area (Å²) < 4.78 is 1.67. The van der Waals surface area contributed by atoms with Gasteiger partial charge in [-0.1, -0.05) is 13.8 Å². The average Bonchev–Trinajstić information content (AvgIpc) is 2.78. The van der Waals surface area contributed by atoms with Gasteiger partial charge in [0.2, 0.25) is 0 Å². The number of carboxylic acid groups (broad SMARTS) is 1. The Kier molecular flexibility index (Phi) is 6.21. The molecule has 1 aromatic heterocycles. The lowest BCUT2D eigenvalue weighted by Gasteiger charge is -2.20. The maximum absolute atomic E-state index is 11.9. The van der Waals surface area contributed by atoms with Gasteiger partial charge in [0.25, 0.3) is 5.91 Å². The van der Waals surface area contributed by atoms with E-state index in [-0.39, 0.29) is 12.3 Å². The fourth-order valence-electron chi connectivity index (χ4n) is 2.16. The molecule has 2 N–H and O–H groups in total. The van der Waals surface area contributed by atoms with E-state index in [0.717, 1.165) is 6.42 Å². The number of aromatic nitrogens is 2. The van der Waals surface area contributed by atoms with Crippen LogP contribution in [0.1, 0.15) is 43.6 Å². The Morgan fingerprint density at radius 3 is 2.60 bits per heavy atom. The molecule has 1 atom stereocenters. The van der Waals surface area contributed by atoms with Crippen LogP contribution in [0, 0.1) is 11.8 Å². The van der Waals surface area contributed by atoms with Crippen molar-refractivity contribution < 1.29 is 14.7 Å². The van der Waals surface area contributed by atoms with Crippen molar-refractivity contribution in [3.05, 3.63) is 18.2 Å². The van der Waals surface area contributed by atoms with Gasteiger partial charge in [0.15, 0.2) is 0 Å². The molecule has 0 spiro atoms. The van der Waals surface area contributed by atoms with Crippen LogP contribution in [0.5, 0.6) is 0 Å². The normalized spacial score (nSPS) is 12.4. The standard InChI is InChI=1S/C14H23N3O3/c1-10(2)11(4-5-13(18)19)6-7-16-14(20)12-8-15-9-17(12)3/h8-11H,4-7H2,1-3H3,(H,16,20)(H,18,19). The molecule has 0 saturated heterocycles. The van der Waals surface area contributed by atoms with Gasteiger partial charge in [-0.2, -0.15) is 0 Å². The number of rotatable bonds is 8. The van der Waals surface area contributed by atoms with E-state index in [9.17, 15) is 9.59 Å². The quantitative estimate of drug-likeness (QED) is 0.759. The first-order chi connectivity index (χ1) is 9.41. The van der Waals surface area contributed by atoms with E-state index in [1.54, 1.807) is 17.9 Å². The highest BCUT2D eigenvalue weighted by Gasteiger charge is 2.16. The number of nitrogens with one attached hydrogen (secondary N) is 1. The molecule has 0 aromatic carbocycles. The predicted molar refractivity (Wildman–Crippen MR) is 75.4 cm³/mol. The summed E-state index contributed by atoms with van der Waals surface area (Å²) in [6.07, 6.45) is 4.72. The van der Waals surface area contributed by atoms with Gasteiger partial charge >= 0.3 is 5.97 Å². The maximum Gasteiger partial charge on any atom is 0.303 e. The molecule has 1 amide bonds. The Labute approximate surface area is 119 Å². The van der Waals surface area contributed by atoms with Crippen LogP contribution < -0.4 is 5.32 Å². The minimum atomic E-state index is -0.769. The molecule has 6 heteroatoms. The zero-order valence-corrected chi connectivity index (χ0v) is 12.3. The highest BCUT2D eigenvalue weighted by Crippen LogP contribution is 2.20. The number of aliphatic carboxylic acids is 1. The summed E-state index contributed by atoms with van der Waals surface area (Å²) in [6.45, 7) is 4.71. The maximum atomic E-state index is 11.9. The number of carbonyl (C=O) groups is 2.